The van der Waals surface area contributed by atoms with E-state index in [1.165, 1.54) is 54.2 Å². The fraction of sp³-hybridized carbons (Fsp3) is 0. The van der Waals surface area contributed by atoms with Gasteiger partial charge >= 0.3 is 0 Å². The summed E-state index contributed by atoms with van der Waals surface area (Å²) in [7, 11) is 0. The minimum absolute atomic E-state index is 0.862. The highest BCUT2D eigenvalue weighted by Gasteiger charge is 2.18. The molecule has 0 aliphatic heterocycles. The minimum Gasteiger partial charge on any atom is -0.455 e. The molecule has 0 saturated heterocycles. The lowest BCUT2D eigenvalue weighted by atomic mass is 9.93. The molecule has 54 heavy (non-hydrogen) atoms. The Bertz CT molecular complexity index is 3210. The lowest BCUT2D eigenvalue weighted by Gasteiger charge is -2.26. The highest BCUT2D eigenvalue weighted by molar-refractivity contribution is 6.14. The number of anilines is 3. The van der Waals surface area contributed by atoms with Crippen molar-refractivity contribution >= 4 is 82.1 Å². The third-order valence-electron chi connectivity index (χ3n) is 11.0. The van der Waals surface area contributed by atoms with Gasteiger partial charge in [0.2, 0.25) is 0 Å². The molecule has 0 radical (unpaired) electrons. The van der Waals surface area contributed by atoms with Crippen LogP contribution in [0.2, 0.25) is 0 Å². The first-order chi connectivity index (χ1) is 26.8. The van der Waals surface area contributed by atoms with Crippen LogP contribution in [0.4, 0.5) is 17.1 Å². The van der Waals surface area contributed by atoms with Gasteiger partial charge in [0.15, 0.2) is 0 Å². The zero-order valence-electron chi connectivity index (χ0n) is 29.4. The van der Waals surface area contributed by atoms with Crippen molar-refractivity contribution in [2.75, 3.05) is 4.90 Å². The Hall–Kier alpha value is -7.16. The normalized spacial score (nSPS) is 11.7. The van der Waals surface area contributed by atoms with E-state index in [2.05, 4.69) is 205 Å². The fourth-order valence-electron chi connectivity index (χ4n) is 8.43. The predicted molar refractivity (Wildman–Crippen MR) is 229 cm³/mol. The van der Waals surface area contributed by atoms with Crippen LogP contribution in [0.1, 0.15) is 0 Å². The standard InChI is InChI=1S/C52H33NO/c1-2-11-34(12-3-1)44-19-10-20-48-47-30-29-41(33-51(47)54-52(44)48)53(40-28-25-36-22-21-35-13-4-6-15-42(35)50(36)32-40)39-26-23-37(24-27-39)49-31-38-14-5-7-16-43(38)45-17-8-9-18-46(45)49/h1-33H. The van der Waals surface area contributed by atoms with Gasteiger partial charge in [0.25, 0.3) is 0 Å². The first-order valence-electron chi connectivity index (χ1n) is 18.5. The molecular formula is C52H33NO. The molecule has 11 rings (SSSR count). The van der Waals surface area contributed by atoms with Gasteiger partial charge in [0.1, 0.15) is 11.2 Å². The summed E-state index contributed by atoms with van der Waals surface area (Å²) in [5, 5.41) is 12.2. The second-order valence-corrected chi connectivity index (χ2v) is 14.1. The van der Waals surface area contributed by atoms with Crippen molar-refractivity contribution in [1.29, 1.82) is 0 Å². The molecule has 0 aliphatic carbocycles. The van der Waals surface area contributed by atoms with Crippen molar-refractivity contribution in [3.63, 3.8) is 0 Å². The molecule has 252 valence electrons. The van der Waals surface area contributed by atoms with Crippen LogP contribution in [0.5, 0.6) is 0 Å². The van der Waals surface area contributed by atoms with Crippen LogP contribution < -0.4 is 4.90 Å². The Morgan fingerprint density at radius 3 is 1.69 bits per heavy atom. The second-order valence-electron chi connectivity index (χ2n) is 14.1. The molecule has 10 aromatic carbocycles. The SMILES string of the molecule is c1ccc(-c2cccc3c2oc2cc(N(c4ccc(-c5cc6ccccc6c6ccccc56)cc4)c4ccc5ccc6ccccc6c5c4)ccc23)cc1. The van der Waals surface area contributed by atoms with Gasteiger partial charge in [-0.25, -0.2) is 0 Å². The van der Waals surface area contributed by atoms with Crippen LogP contribution >= 0.6 is 0 Å². The van der Waals surface area contributed by atoms with Crippen LogP contribution in [-0.2, 0) is 0 Å². The predicted octanol–water partition coefficient (Wildman–Crippen LogP) is 15.0. The van der Waals surface area contributed by atoms with Gasteiger partial charge in [-0.1, -0.05) is 152 Å². The van der Waals surface area contributed by atoms with E-state index in [1.807, 2.05) is 0 Å². The van der Waals surface area contributed by atoms with E-state index < -0.39 is 0 Å². The third kappa shape index (κ3) is 4.88. The first kappa shape index (κ1) is 30.5. The van der Waals surface area contributed by atoms with E-state index in [0.717, 1.165) is 50.1 Å². The Morgan fingerprint density at radius 2 is 0.870 bits per heavy atom. The van der Waals surface area contributed by atoms with E-state index >= 15 is 0 Å². The Labute approximate surface area is 312 Å². The minimum atomic E-state index is 0.862. The average Bonchev–Trinajstić information content (AvgIpc) is 3.62. The smallest absolute Gasteiger partial charge is 0.143 e. The maximum absolute atomic E-state index is 6.75. The first-order valence-corrected chi connectivity index (χ1v) is 18.5. The highest BCUT2D eigenvalue weighted by Crippen LogP contribution is 2.43. The Morgan fingerprint density at radius 1 is 0.296 bits per heavy atom. The molecule has 0 bridgehead atoms. The Kier molecular flexibility index (Phi) is 6.90. The van der Waals surface area contributed by atoms with Gasteiger partial charge in [-0.3, -0.25) is 0 Å². The Balaban J connectivity index is 1.10. The molecule has 0 atom stereocenters. The van der Waals surface area contributed by atoms with Crippen LogP contribution in [0, 0.1) is 0 Å². The summed E-state index contributed by atoms with van der Waals surface area (Å²) >= 11 is 0. The number of hydrogen-bond acceptors (Lipinski definition) is 2. The molecule has 1 aromatic heterocycles. The van der Waals surface area contributed by atoms with Crippen LogP contribution in [0.15, 0.2) is 205 Å². The number of fused-ring (bicyclic) bond motifs is 9. The van der Waals surface area contributed by atoms with E-state index in [1.54, 1.807) is 0 Å². The van der Waals surface area contributed by atoms with Crippen molar-refractivity contribution < 1.29 is 4.42 Å². The molecule has 11 aromatic rings. The zero-order chi connectivity index (χ0) is 35.6. The molecule has 0 fully saturated rings. The number of nitrogens with zero attached hydrogens (tertiary/aromatic N) is 1. The lowest BCUT2D eigenvalue weighted by molar-refractivity contribution is 0.670. The maximum atomic E-state index is 6.75. The van der Waals surface area contributed by atoms with Gasteiger partial charge in [0.05, 0.1) is 0 Å². The van der Waals surface area contributed by atoms with E-state index in [9.17, 15) is 0 Å². The van der Waals surface area contributed by atoms with Gasteiger partial charge in [0, 0.05) is 39.5 Å². The van der Waals surface area contributed by atoms with Crippen molar-refractivity contribution in [3.05, 3.63) is 200 Å². The van der Waals surface area contributed by atoms with E-state index in [4.69, 9.17) is 4.42 Å². The summed E-state index contributed by atoms with van der Waals surface area (Å²) in [6.45, 7) is 0. The second kappa shape index (κ2) is 12.2. The topological polar surface area (TPSA) is 16.4 Å². The molecular weight excluding hydrogens is 655 g/mol. The number of rotatable bonds is 5. The summed E-state index contributed by atoms with van der Waals surface area (Å²) in [5.74, 6) is 0. The fourth-order valence-corrected chi connectivity index (χ4v) is 8.43. The van der Waals surface area contributed by atoms with Crippen molar-refractivity contribution in [3.8, 4) is 22.3 Å². The summed E-state index contributed by atoms with van der Waals surface area (Å²) in [6.07, 6.45) is 0. The van der Waals surface area contributed by atoms with Crippen molar-refractivity contribution in [2.24, 2.45) is 0 Å². The van der Waals surface area contributed by atoms with E-state index in [0.29, 0.717) is 0 Å². The van der Waals surface area contributed by atoms with Gasteiger partial charge in [-0.15, -0.1) is 0 Å². The average molecular weight is 688 g/mol. The highest BCUT2D eigenvalue weighted by atomic mass is 16.3. The summed E-state index contributed by atoms with van der Waals surface area (Å²) in [6, 6.07) is 72.2. The van der Waals surface area contributed by atoms with E-state index in [-0.39, 0.29) is 0 Å². The van der Waals surface area contributed by atoms with Gasteiger partial charge < -0.3 is 9.32 Å². The summed E-state index contributed by atoms with van der Waals surface area (Å²) in [4.78, 5) is 2.36. The largest absolute Gasteiger partial charge is 0.455 e. The molecule has 2 nitrogen and oxygen atoms in total. The maximum Gasteiger partial charge on any atom is 0.143 e. The molecule has 0 spiro atoms. The molecule has 0 amide bonds. The summed E-state index contributed by atoms with van der Waals surface area (Å²) < 4.78 is 6.75. The van der Waals surface area contributed by atoms with Crippen molar-refractivity contribution in [2.45, 2.75) is 0 Å². The number of para-hydroxylation sites is 1. The molecule has 1 heterocycles. The molecule has 0 saturated carbocycles. The van der Waals surface area contributed by atoms with Crippen LogP contribution in [0.25, 0.3) is 87.3 Å². The molecule has 0 aliphatic rings. The number of hydrogen-bond donors (Lipinski definition) is 0. The quantitative estimate of drug-likeness (QED) is 0.168. The third-order valence-corrected chi connectivity index (χ3v) is 11.0. The summed E-state index contributed by atoms with van der Waals surface area (Å²) in [5.41, 5.74) is 9.63. The molecule has 0 N–H and O–H groups in total. The zero-order valence-corrected chi connectivity index (χ0v) is 29.4. The van der Waals surface area contributed by atoms with Crippen LogP contribution in [0.3, 0.4) is 0 Å². The molecule has 2 heteroatoms. The van der Waals surface area contributed by atoms with Crippen LogP contribution in [-0.4, -0.2) is 0 Å². The van der Waals surface area contributed by atoms with Gasteiger partial charge in [-0.05, 0) is 102 Å². The number of benzene rings is 10. The monoisotopic (exact) mass is 687 g/mol. The van der Waals surface area contributed by atoms with Gasteiger partial charge in [-0.2, -0.15) is 0 Å². The molecule has 0 unspecified atom stereocenters. The number of furan rings is 1. The lowest BCUT2D eigenvalue weighted by Crippen LogP contribution is -2.09. The van der Waals surface area contributed by atoms with Crippen molar-refractivity contribution in [1.82, 2.24) is 0 Å².